The van der Waals surface area contributed by atoms with Crippen LogP contribution in [-0.2, 0) is 22.4 Å². The molecule has 2 fully saturated rings. The fraction of sp³-hybridized carbons (Fsp3) is 0.576. The predicted molar refractivity (Wildman–Crippen MR) is 165 cm³/mol. The Balaban J connectivity index is 0.000000264. The van der Waals surface area contributed by atoms with Gasteiger partial charge >= 0.3 is 12.3 Å². The fourth-order valence-corrected chi connectivity index (χ4v) is 4.82. The lowest BCUT2D eigenvalue weighted by Crippen LogP contribution is -2.46. The molecule has 1 amide bonds. The molecular weight excluding hydrogens is 557 g/mol. The van der Waals surface area contributed by atoms with Crippen molar-refractivity contribution in [3.63, 3.8) is 0 Å². The number of piperidine rings is 2. The van der Waals surface area contributed by atoms with E-state index in [1.165, 1.54) is 30.8 Å². The standard InChI is InChI=1S/C18H28N2O2.C13H20N2.C2HF3O/c1-18(2,3)22-17(21)19-16-10-13-20(14-11-16)12-9-15-7-5-4-6-8-15;14-13-7-10-15(11-8-13)9-6-12-4-2-1-3-5-12;3-2(4,5)1-6/h4-8,16H,9-14H2,1-3H3,(H,19,21);1-5,13H,6-11,14H2;1H. The first kappa shape index (κ1) is 36.2. The van der Waals surface area contributed by atoms with Gasteiger partial charge in [-0.15, -0.1) is 0 Å². The number of amides is 1. The Morgan fingerprint density at radius 2 is 1.23 bits per heavy atom. The Hall–Kier alpha value is -2.95. The van der Waals surface area contributed by atoms with E-state index in [2.05, 4.69) is 75.8 Å². The van der Waals surface area contributed by atoms with Gasteiger partial charge in [-0.1, -0.05) is 60.7 Å². The summed E-state index contributed by atoms with van der Waals surface area (Å²) in [7, 11) is 0. The molecule has 2 aliphatic rings. The molecule has 0 unspecified atom stereocenters. The molecule has 0 bridgehead atoms. The predicted octanol–water partition coefficient (Wildman–Crippen LogP) is 5.62. The van der Waals surface area contributed by atoms with Crippen molar-refractivity contribution in [2.45, 2.75) is 83.2 Å². The maximum atomic E-state index is 11.8. The average Bonchev–Trinajstić information content (AvgIpc) is 2.97. The Morgan fingerprint density at radius 3 is 1.60 bits per heavy atom. The number of nitrogens with two attached hydrogens (primary N) is 1. The summed E-state index contributed by atoms with van der Waals surface area (Å²) in [4.78, 5) is 25.5. The van der Waals surface area contributed by atoms with Crippen LogP contribution in [-0.4, -0.2) is 85.3 Å². The molecule has 240 valence electrons. The van der Waals surface area contributed by atoms with E-state index in [0.717, 1.165) is 58.2 Å². The van der Waals surface area contributed by atoms with Gasteiger partial charge in [0.05, 0.1) is 0 Å². The average molecular weight is 607 g/mol. The van der Waals surface area contributed by atoms with Crippen LogP contribution in [0.3, 0.4) is 0 Å². The summed E-state index contributed by atoms with van der Waals surface area (Å²) >= 11 is 0. The van der Waals surface area contributed by atoms with Crippen LogP contribution in [0.2, 0.25) is 0 Å². The van der Waals surface area contributed by atoms with Gasteiger partial charge in [0.1, 0.15) is 5.60 Å². The zero-order chi connectivity index (χ0) is 31.7. The zero-order valence-corrected chi connectivity index (χ0v) is 25.8. The van der Waals surface area contributed by atoms with Crippen LogP contribution in [0.25, 0.3) is 0 Å². The van der Waals surface area contributed by atoms with Crippen molar-refractivity contribution in [1.82, 2.24) is 15.1 Å². The highest BCUT2D eigenvalue weighted by Crippen LogP contribution is 2.14. The minimum absolute atomic E-state index is 0.239. The summed E-state index contributed by atoms with van der Waals surface area (Å²) in [5.41, 5.74) is 8.27. The molecule has 0 aromatic heterocycles. The fourth-order valence-electron chi connectivity index (χ4n) is 4.82. The number of carbonyl (C=O) groups is 2. The topological polar surface area (TPSA) is 87.9 Å². The van der Waals surface area contributed by atoms with Crippen LogP contribution in [0.5, 0.6) is 0 Å². The summed E-state index contributed by atoms with van der Waals surface area (Å²) in [6, 6.07) is 22.0. The molecule has 0 saturated carbocycles. The van der Waals surface area contributed by atoms with Gasteiger partial charge in [0, 0.05) is 38.3 Å². The van der Waals surface area contributed by atoms with Crippen LogP contribution in [0.1, 0.15) is 57.6 Å². The van der Waals surface area contributed by atoms with E-state index < -0.39 is 18.1 Å². The van der Waals surface area contributed by atoms with Crippen molar-refractivity contribution < 1.29 is 27.5 Å². The van der Waals surface area contributed by atoms with Crippen molar-refractivity contribution in [1.29, 1.82) is 0 Å². The van der Waals surface area contributed by atoms with Crippen LogP contribution >= 0.6 is 0 Å². The summed E-state index contributed by atoms with van der Waals surface area (Å²) in [5.74, 6) is 0. The van der Waals surface area contributed by atoms with Gasteiger partial charge in [0.2, 0.25) is 6.29 Å². The maximum Gasteiger partial charge on any atom is 0.446 e. The Morgan fingerprint density at radius 1 is 0.837 bits per heavy atom. The van der Waals surface area contributed by atoms with Crippen LogP contribution in [0, 0.1) is 0 Å². The molecule has 2 aromatic carbocycles. The number of likely N-dealkylation sites (tertiary alicyclic amines) is 2. The number of rotatable bonds is 7. The SMILES string of the molecule is CC(C)(C)OC(=O)NC1CCN(CCc2ccccc2)CC1.NC1CCN(CCc2ccccc2)CC1.O=CC(F)(F)F. The first-order chi connectivity index (χ1) is 20.3. The van der Waals surface area contributed by atoms with E-state index in [1.54, 1.807) is 0 Å². The largest absolute Gasteiger partial charge is 0.446 e. The Kier molecular flexibility index (Phi) is 15.7. The Bertz CT molecular complexity index is 1030. The highest BCUT2D eigenvalue weighted by atomic mass is 19.4. The molecule has 2 saturated heterocycles. The lowest BCUT2D eigenvalue weighted by Gasteiger charge is -2.32. The number of carbonyl (C=O) groups excluding carboxylic acids is 2. The molecule has 0 radical (unpaired) electrons. The van der Waals surface area contributed by atoms with E-state index >= 15 is 0 Å². The minimum atomic E-state index is -4.64. The molecule has 10 heteroatoms. The molecule has 2 heterocycles. The Labute approximate surface area is 254 Å². The van der Waals surface area contributed by atoms with Crippen molar-refractivity contribution in [3.05, 3.63) is 71.8 Å². The number of benzene rings is 2. The summed E-state index contributed by atoms with van der Waals surface area (Å²) < 4.78 is 36.6. The first-order valence-electron chi connectivity index (χ1n) is 15.1. The van der Waals surface area contributed by atoms with E-state index in [0.29, 0.717) is 6.04 Å². The highest BCUT2D eigenvalue weighted by molar-refractivity contribution is 5.68. The molecule has 2 aromatic rings. The van der Waals surface area contributed by atoms with Crippen molar-refractivity contribution in [2.75, 3.05) is 39.3 Å². The second kappa shape index (κ2) is 18.7. The number of nitrogens with one attached hydrogen (secondary N) is 1. The van der Waals surface area contributed by atoms with Crippen molar-refractivity contribution in [2.24, 2.45) is 5.73 Å². The number of aldehydes is 1. The molecule has 7 nitrogen and oxygen atoms in total. The molecule has 43 heavy (non-hydrogen) atoms. The third-order valence-electron chi connectivity index (χ3n) is 7.19. The summed E-state index contributed by atoms with van der Waals surface area (Å²) in [6.45, 7) is 12.3. The van der Waals surface area contributed by atoms with Gasteiger partial charge in [-0.05, 0) is 83.5 Å². The third-order valence-corrected chi connectivity index (χ3v) is 7.19. The van der Waals surface area contributed by atoms with Crippen LogP contribution in [0.15, 0.2) is 60.7 Å². The molecule has 3 N–H and O–H groups in total. The number of halogens is 3. The van der Waals surface area contributed by atoms with Gasteiger partial charge in [-0.25, -0.2) is 4.79 Å². The van der Waals surface area contributed by atoms with Gasteiger partial charge in [-0.3, -0.25) is 4.79 Å². The van der Waals surface area contributed by atoms with E-state index in [4.69, 9.17) is 15.3 Å². The van der Waals surface area contributed by atoms with Crippen molar-refractivity contribution in [3.8, 4) is 0 Å². The zero-order valence-electron chi connectivity index (χ0n) is 25.8. The van der Waals surface area contributed by atoms with Gasteiger partial charge in [-0.2, -0.15) is 13.2 Å². The number of alkyl halides is 3. The summed E-state index contributed by atoms with van der Waals surface area (Å²) in [6.07, 6.45) is 0.565. The molecule has 0 atom stereocenters. The van der Waals surface area contributed by atoms with Gasteiger partial charge in [0.15, 0.2) is 0 Å². The molecule has 0 spiro atoms. The van der Waals surface area contributed by atoms with Crippen LogP contribution < -0.4 is 11.1 Å². The monoisotopic (exact) mass is 606 g/mol. The van der Waals surface area contributed by atoms with E-state index in [9.17, 15) is 18.0 Å². The lowest BCUT2D eigenvalue weighted by molar-refractivity contribution is -0.156. The van der Waals surface area contributed by atoms with Gasteiger partial charge in [0.25, 0.3) is 0 Å². The number of hydrogen-bond acceptors (Lipinski definition) is 6. The van der Waals surface area contributed by atoms with Crippen LogP contribution in [0.4, 0.5) is 18.0 Å². The van der Waals surface area contributed by atoms with Crippen molar-refractivity contribution >= 4 is 12.4 Å². The molecule has 0 aliphatic carbocycles. The van der Waals surface area contributed by atoms with E-state index in [1.807, 2.05) is 20.8 Å². The maximum absolute atomic E-state index is 11.8. The number of alkyl carbamates (subject to hydrolysis) is 1. The normalized spacial score (nSPS) is 17.1. The van der Waals surface area contributed by atoms with E-state index in [-0.39, 0.29) is 12.1 Å². The first-order valence-corrected chi connectivity index (χ1v) is 15.1. The number of ether oxygens (including phenoxy) is 1. The number of nitrogens with zero attached hydrogens (tertiary/aromatic N) is 2. The highest BCUT2D eigenvalue weighted by Gasteiger charge is 2.25. The molecule has 4 rings (SSSR count). The minimum Gasteiger partial charge on any atom is -0.444 e. The molecular formula is C33H49F3N4O3. The second-order valence-electron chi connectivity index (χ2n) is 12.1. The quantitative estimate of drug-likeness (QED) is 0.398. The summed E-state index contributed by atoms with van der Waals surface area (Å²) in [5, 5.41) is 2.98. The number of hydrogen-bond donors (Lipinski definition) is 2. The molecule has 2 aliphatic heterocycles. The smallest absolute Gasteiger partial charge is 0.444 e. The third kappa shape index (κ3) is 17.7. The lowest BCUT2D eigenvalue weighted by atomic mass is 10.0. The van der Waals surface area contributed by atoms with Gasteiger partial charge < -0.3 is 25.6 Å². The second-order valence-corrected chi connectivity index (χ2v) is 12.1.